The minimum atomic E-state index is -0.545. The van der Waals surface area contributed by atoms with Crippen LogP contribution < -0.4 is 0 Å². The van der Waals surface area contributed by atoms with Gasteiger partial charge in [-0.25, -0.2) is 4.68 Å². The predicted molar refractivity (Wildman–Crippen MR) is 111 cm³/mol. The Kier molecular flexibility index (Phi) is 5.43. The molecule has 7 nitrogen and oxygen atoms in total. The molecule has 0 bridgehead atoms. The molecular formula is C23H22N4O3. The van der Waals surface area contributed by atoms with Gasteiger partial charge < -0.3 is 9.80 Å². The van der Waals surface area contributed by atoms with Gasteiger partial charge in [0.05, 0.1) is 5.69 Å². The SMILES string of the molecule is CC1CN(C(=O)c2ccccc2)CCN1C(=O)C(=O)c1ccc(-n2cccn2)cc1. The average Bonchev–Trinajstić information content (AvgIpc) is 3.33. The highest BCUT2D eigenvalue weighted by atomic mass is 16.2. The lowest BCUT2D eigenvalue weighted by Gasteiger charge is -2.39. The van der Waals surface area contributed by atoms with Crippen LogP contribution in [-0.2, 0) is 4.79 Å². The molecule has 4 rings (SSSR count). The van der Waals surface area contributed by atoms with Crippen LogP contribution in [0.1, 0.15) is 27.6 Å². The van der Waals surface area contributed by atoms with Crippen molar-refractivity contribution in [2.45, 2.75) is 13.0 Å². The monoisotopic (exact) mass is 402 g/mol. The standard InChI is InChI=1S/C23H22N4O3/c1-17-16-25(22(29)19-6-3-2-4-7-19)14-15-26(17)23(30)21(28)18-8-10-20(11-9-18)27-13-5-12-24-27/h2-13,17H,14-16H2,1H3. The van der Waals surface area contributed by atoms with Crippen LogP contribution in [0.3, 0.4) is 0 Å². The zero-order valence-corrected chi connectivity index (χ0v) is 16.6. The molecule has 7 heteroatoms. The summed E-state index contributed by atoms with van der Waals surface area (Å²) in [5, 5.41) is 4.15. The summed E-state index contributed by atoms with van der Waals surface area (Å²) in [7, 11) is 0. The van der Waals surface area contributed by atoms with E-state index in [4.69, 9.17) is 0 Å². The summed E-state index contributed by atoms with van der Waals surface area (Å²) >= 11 is 0. The van der Waals surface area contributed by atoms with E-state index in [1.807, 2.05) is 31.2 Å². The highest BCUT2D eigenvalue weighted by Gasteiger charge is 2.33. The van der Waals surface area contributed by atoms with Crippen molar-refractivity contribution in [3.05, 3.63) is 84.2 Å². The Morgan fingerprint density at radius 1 is 0.900 bits per heavy atom. The van der Waals surface area contributed by atoms with E-state index in [9.17, 15) is 14.4 Å². The first-order valence-electron chi connectivity index (χ1n) is 9.84. The number of piperazine rings is 1. The summed E-state index contributed by atoms with van der Waals surface area (Å²) in [4.78, 5) is 41.5. The summed E-state index contributed by atoms with van der Waals surface area (Å²) in [6, 6.07) is 17.4. The van der Waals surface area contributed by atoms with E-state index in [0.717, 1.165) is 5.69 Å². The van der Waals surface area contributed by atoms with E-state index in [1.165, 1.54) is 0 Å². The summed E-state index contributed by atoms with van der Waals surface area (Å²) in [5.41, 5.74) is 1.77. The number of rotatable bonds is 4. The second-order valence-electron chi connectivity index (χ2n) is 7.29. The van der Waals surface area contributed by atoms with Crippen molar-refractivity contribution in [1.29, 1.82) is 0 Å². The lowest BCUT2D eigenvalue weighted by Crippen LogP contribution is -2.56. The fourth-order valence-electron chi connectivity index (χ4n) is 3.65. The van der Waals surface area contributed by atoms with E-state index in [-0.39, 0.29) is 11.9 Å². The van der Waals surface area contributed by atoms with Gasteiger partial charge in [-0.15, -0.1) is 0 Å². The van der Waals surface area contributed by atoms with E-state index in [0.29, 0.717) is 30.8 Å². The number of carbonyl (C=O) groups excluding carboxylic acids is 3. The predicted octanol–water partition coefficient (Wildman–Crippen LogP) is 2.43. The molecule has 0 spiro atoms. The molecule has 0 aliphatic carbocycles. The Balaban J connectivity index is 1.41. The maximum atomic E-state index is 12.8. The van der Waals surface area contributed by atoms with E-state index < -0.39 is 11.7 Å². The van der Waals surface area contributed by atoms with Gasteiger partial charge in [-0.3, -0.25) is 14.4 Å². The van der Waals surface area contributed by atoms with Gasteiger partial charge >= 0.3 is 0 Å². The maximum absolute atomic E-state index is 12.8. The molecule has 1 aliphatic rings. The minimum Gasteiger partial charge on any atom is -0.335 e. The third-order valence-electron chi connectivity index (χ3n) is 5.29. The van der Waals surface area contributed by atoms with Gasteiger partial charge in [-0.2, -0.15) is 5.10 Å². The molecule has 1 atom stereocenters. The van der Waals surface area contributed by atoms with Crippen molar-refractivity contribution in [3.63, 3.8) is 0 Å². The zero-order chi connectivity index (χ0) is 21.1. The Morgan fingerprint density at radius 2 is 1.63 bits per heavy atom. The molecule has 152 valence electrons. The van der Waals surface area contributed by atoms with Crippen LogP contribution in [0.5, 0.6) is 0 Å². The van der Waals surface area contributed by atoms with Gasteiger partial charge in [-0.1, -0.05) is 18.2 Å². The number of amides is 2. The number of benzene rings is 2. The Hall–Kier alpha value is -3.74. The molecule has 1 aliphatic heterocycles. The molecule has 1 aromatic heterocycles. The van der Waals surface area contributed by atoms with Gasteiger partial charge in [0, 0.05) is 49.2 Å². The molecule has 0 N–H and O–H groups in total. The lowest BCUT2D eigenvalue weighted by atomic mass is 10.1. The number of hydrogen-bond acceptors (Lipinski definition) is 4. The van der Waals surface area contributed by atoms with Crippen molar-refractivity contribution >= 4 is 17.6 Å². The molecule has 1 saturated heterocycles. The molecule has 1 unspecified atom stereocenters. The fourth-order valence-corrected chi connectivity index (χ4v) is 3.65. The second-order valence-corrected chi connectivity index (χ2v) is 7.29. The summed E-state index contributed by atoms with van der Waals surface area (Å²) in [6.07, 6.45) is 3.48. The Labute approximate surface area is 174 Å². The van der Waals surface area contributed by atoms with Gasteiger partial charge in [-0.05, 0) is 49.4 Å². The van der Waals surface area contributed by atoms with Crippen LogP contribution in [-0.4, -0.2) is 62.9 Å². The quantitative estimate of drug-likeness (QED) is 0.496. The van der Waals surface area contributed by atoms with Gasteiger partial charge in [0.1, 0.15) is 0 Å². The average molecular weight is 402 g/mol. The number of Topliss-reactive ketones (excluding diaryl/α,β-unsaturated/α-hetero) is 1. The molecule has 1 fully saturated rings. The van der Waals surface area contributed by atoms with E-state index in [1.54, 1.807) is 63.3 Å². The first kappa shape index (κ1) is 19.6. The molecule has 2 amide bonds. The van der Waals surface area contributed by atoms with Gasteiger partial charge in [0.15, 0.2) is 0 Å². The molecule has 2 heterocycles. The Bertz CT molecular complexity index is 1050. The first-order chi connectivity index (χ1) is 14.5. The van der Waals surface area contributed by atoms with Crippen molar-refractivity contribution in [2.75, 3.05) is 19.6 Å². The van der Waals surface area contributed by atoms with Crippen LogP contribution in [0.4, 0.5) is 0 Å². The van der Waals surface area contributed by atoms with Gasteiger partial charge in [0.2, 0.25) is 5.78 Å². The minimum absolute atomic E-state index is 0.0601. The van der Waals surface area contributed by atoms with Crippen LogP contribution >= 0.6 is 0 Å². The van der Waals surface area contributed by atoms with Gasteiger partial charge in [0.25, 0.3) is 11.8 Å². The third kappa shape index (κ3) is 3.87. The van der Waals surface area contributed by atoms with Crippen molar-refractivity contribution in [2.24, 2.45) is 0 Å². The number of nitrogens with zero attached hydrogens (tertiary/aromatic N) is 4. The molecule has 0 saturated carbocycles. The van der Waals surface area contributed by atoms with E-state index >= 15 is 0 Å². The second kappa shape index (κ2) is 8.32. The topological polar surface area (TPSA) is 75.5 Å². The number of aromatic nitrogens is 2. The number of carbonyl (C=O) groups is 3. The highest BCUT2D eigenvalue weighted by Crippen LogP contribution is 2.16. The van der Waals surface area contributed by atoms with Crippen LogP contribution in [0.25, 0.3) is 5.69 Å². The normalized spacial score (nSPS) is 16.4. The number of hydrogen-bond donors (Lipinski definition) is 0. The third-order valence-corrected chi connectivity index (χ3v) is 5.29. The van der Waals surface area contributed by atoms with E-state index in [2.05, 4.69) is 5.10 Å². The van der Waals surface area contributed by atoms with Crippen molar-refractivity contribution in [1.82, 2.24) is 19.6 Å². The smallest absolute Gasteiger partial charge is 0.295 e. The van der Waals surface area contributed by atoms with Crippen LogP contribution in [0.15, 0.2) is 73.1 Å². The summed E-state index contributed by atoms with van der Waals surface area (Å²) < 4.78 is 1.68. The highest BCUT2D eigenvalue weighted by molar-refractivity contribution is 6.42. The largest absolute Gasteiger partial charge is 0.335 e. The van der Waals surface area contributed by atoms with Crippen LogP contribution in [0.2, 0.25) is 0 Å². The fraction of sp³-hybridized carbons (Fsp3) is 0.217. The molecule has 3 aromatic rings. The van der Waals surface area contributed by atoms with Crippen molar-refractivity contribution in [3.8, 4) is 5.69 Å². The molecule has 30 heavy (non-hydrogen) atoms. The van der Waals surface area contributed by atoms with Crippen molar-refractivity contribution < 1.29 is 14.4 Å². The lowest BCUT2D eigenvalue weighted by molar-refractivity contribution is -0.130. The molecule has 2 aromatic carbocycles. The zero-order valence-electron chi connectivity index (χ0n) is 16.6. The molecular weight excluding hydrogens is 380 g/mol. The Morgan fingerprint density at radius 3 is 2.27 bits per heavy atom. The maximum Gasteiger partial charge on any atom is 0.295 e. The molecule has 0 radical (unpaired) electrons. The first-order valence-corrected chi connectivity index (χ1v) is 9.84. The summed E-state index contributed by atoms with van der Waals surface area (Å²) in [6.45, 7) is 2.98. The number of ketones is 1. The van der Waals surface area contributed by atoms with Crippen LogP contribution in [0, 0.1) is 0 Å². The summed E-state index contributed by atoms with van der Waals surface area (Å²) in [5.74, 6) is -1.15.